The van der Waals surface area contributed by atoms with Gasteiger partial charge in [-0.15, -0.1) is 0 Å². The summed E-state index contributed by atoms with van der Waals surface area (Å²) in [5.74, 6) is -1.42. The zero-order valence-corrected chi connectivity index (χ0v) is 20.7. The van der Waals surface area contributed by atoms with E-state index in [4.69, 9.17) is 9.47 Å². The quantitative estimate of drug-likeness (QED) is 0.444. The highest BCUT2D eigenvalue weighted by atomic mass is 32.2. The molecule has 0 bridgehead atoms. The Morgan fingerprint density at radius 2 is 1.71 bits per heavy atom. The van der Waals surface area contributed by atoms with Gasteiger partial charge < -0.3 is 14.5 Å². The standard InChI is InChI=1S/C24H30N2O7S/c1-15-22(17(3)27)16(2)25-23(15)20(28)14-33-24(29)19-13-18(9-10-21(19)32-4)34(30,31)26-11-7-5-6-8-12-26/h9-10,13,25H,5-8,11-12,14H2,1-4H3. The van der Waals surface area contributed by atoms with Gasteiger partial charge in [-0.3, -0.25) is 9.59 Å². The van der Waals surface area contributed by atoms with Crippen molar-refractivity contribution >= 4 is 27.6 Å². The van der Waals surface area contributed by atoms with E-state index in [0.29, 0.717) is 29.9 Å². The Balaban J connectivity index is 1.81. The topological polar surface area (TPSA) is 123 Å². The number of rotatable bonds is 8. The van der Waals surface area contributed by atoms with E-state index < -0.39 is 28.4 Å². The summed E-state index contributed by atoms with van der Waals surface area (Å²) in [7, 11) is -2.43. The molecule has 2 aromatic rings. The van der Waals surface area contributed by atoms with Gasteiger partial charge in [0.2, 0.25) is 15.8 Å². The van der Waals surface area contributed by atoms with Crippen LogP contribution in [-0.4, -0.2) is 62.0 Å². The lowest BCUT2D eigenvalue weighted by Gasteiger charge is -2.20. The van der Waals surface area contributed by atoms with Crippen LogP contribution in [0.2, 0.25) is 0 Å². The molecule has 184 valence electrons. The number of benzene rings is 1. The zero-order valence-electron chi connectivity index (χ0n) is 19.9. The first-order valence-electron chi connectivity index (χ1n) is 11.2. The predicted molar refractivity (Wildman–Crippen MR) is 125 cm³/mol. The number of ketones is 2. The number of hydrogen-bond donors (Lipinski definition) is 1. The second kappa shape index (κ2) is 10.5. The molecule has 10 heteroatoms. The molecule has 2 heterocycles. The van der Waals surface area contributed by atoms with Crippen LogP contribution in [0.1, 0.15) is 75.1 Å². The first kappa shape index (κ1) is 25.6. The van der Waals surface area contributed by atoms with Crippen molar-refractivity contribution in [2.24, 2.45) is 0 Å². The Morgan fingerprint density at radius 3 is 2.26 bits per heavy atom. The van der Waals surface area contributed by atoms with Crippen molar-refractivity contribution in [1.82, 2.24) is 9.29 Å². The molecule has 1 aromatic heterocycles. The van der Waals surface area contributed by atoms with Crippen molar-refractivity contribution in [3.8, 4) is 5.75 Å². The largest absolute Gasteiger partial charge is 0.496 e. The molecule has 0 amide bonds. The van der Waals surface area contributed by atoms with Gasteiger partial charge >= 0.3 is 5.97 Å². The Bertz CT molecular complexity index is 1210. The fourth-order valence-electron chi connectivity index (χ4n) is 4.28. The van der Waals surface area contributed by atoms with Crippen molar-refractivity contribution in [3.63, 3.8) is 0 Å². The first-order valence-corrected chi connectivity index (χ1v) is 12.6. The molecule has 1 N–H and O–H groups in total. The molecular weight excluding hydrogens is 460 g/mol. The molecule has 1 aromatic carbocycles. The van der Waals surface area contributed by atoms with Gasteiger partial charge in [0.05, 0.1) is 17.7 Å². The third-order valence-electron chi connectivity index (χ3n) is 6.00. The molecule has 0 aliphatic carbocycles. The number of aromatic nitrogens is 1. The van der Waals surface area contributed by atoms with Crippen LogP contribution in [0.4, 0.5) is 0 Å². The van der Waals surface area contributed by atoms with Crippen LogP contribution in [-0.2, 0) is 14.8 Å². The molecule has 0 atom stereocenters. The average Bonchev–Trinajstić information content (AvgIpc) is 2.97. The van der Waals surface area contributed by atoms with E-state index in [1.54, 1.807) is 13.8 Å². The summed E-state index contributed by atoms with van der Waals surface area (Å²) < 4.78 is 38.1. The van der Waals surface area contributed by atoms with Crippen LogP contribution >= 0.6 is 0 Å². The van der Waals surface area contributed by atoms with E-state index >= 15 is 0 Å². The van der Waals surface area contributed by atoms with Crippen molar-refractivity contribution in [2.75, 3.05) is 26.8 Å². The molecule has 34 heavy (non-hydrogen) atoms. The van der Waals surface area contributed by atoms with Gasteiger partial charge in [0.15, 0.2) is 12.4 Å². The first-order chi connectivity index (χ1) is 16.1. The summed E-state index contributed by atoms with van der Waals surface area (Å²) >= 11 is 0. The number of sulfonamides is 1. The van der Waals surface area contributed by atoms with Gasteiger partial charge in [0.25, 0.3) is 0 Å². The van der Waals surface area contributed by atoms with E-state index in [-0.39, 0.29) is 27.7 Å². The maximum Gasteiger partial charge on any atom is 0.342 e. The molecule has 0 radical (unpaired) electrons. The highest BCUT2D eigenvalue weighted by Gasteiger charge is 2.28. The zero-order chi connectivity index (χ0) is 25.0. The van der Waals surface area contributed by atoms with Gasteiger partial charge in [0, 0.05) is 24.3 Å². The van der Waals surface area contributed by atoms with Crippen LogP contribution in [0.5, 0.6) is 5.75 Å². The summed E-state index contributed by atoms with van der Waals surface area (Å²) in [6.07, 6.45) is 3.53. The number of aryl methyl sites for hydroxylation is 1. The highest BCUT2D eigenvalue weighted by Crippen LogP contribution is 2.27. The van der Waals surface area contributed by atoms with E-state index in [9.17, 15) is 22.8 Å². The molecule has 3 rings (SSSR count). The molecule has 0 saturated carbocycles. The third kappa shape index (κ3) is 5.23. The summed E-state index contributed by atoms with van der Waals surface area (Å²) in [5, 5.41) is 0. The number of ether oxygens (including phenoxy) is 2. The number of nitrogens with one attached hydrogen (secondary N) is 1. The minimum absolute atomic E-state index is 0.0320. The lowest BCUT2D eigenvalue weighted by molar-refractivity contribution is 0.0470. The molecule has 0 spiro atoms. The van der Waals surface area contributed by atoms with Crippen molar-refractivity contribution in [3.05, 3.63) is 46.3 Å². The molecule has 1 aliphatic rings. The van der Waals surface area contributed by atoms with Crippen LogP contribution < -0.4 is 4.74 Å². The van der Waals surface area contributed by atoms with Crippen molar-refractivity contribution in [2.45, 2.75) is 51.3 Å². The van der Waals surface area contributed by atoms with E-state index in [0.717, 1.165) is 25.7 Å². The molecule has 1 saturated heterocycles. The van der Waals surface area contributed by atoms with Gasteiger partial charge in [-0.2, -0.15) is 4.31 Å². The molecule has 1 fully saturated rings. The van der Waals surface area contributed by atoms with Gasteiger partial charge in [-0.05, 0) is 57.4 Å². The van der Waals surface area contributed by atoms with Crippen molar-refractivity contribution in [1.29, 1.82) is 0 Å². The minimum atomic E-state index is -3.79. The van der Waals surface area contributed by atoms with E-state index in [2.05, 4.69) is 4.98 Å². The normalized spacial score (nSPS) is 14.9. The van der Waals surface area contributed by atoms with Gasteiger partial charge in [0.1, 0.15) is 11.3 Å². The maximum absolute atomic E-state index is 13.1. The summed E-state index contributed by atoms with van der Waals surface area (Å²) in [5.41, 5.74) is 1.60. The summed E-state index contributed by atoms with van der Waals surface area (Å²) in [4.78, 5) is 40.1. The second-order valence-corrected chi connectivity index (χ2v) is 10.3. The maximum atomic E-state index is 13.1. The molecule has 9 nitrogen and oxygen atoms in total. The fraction of sp³-hybridized carbons (Fsp3) is 0.458. The number of Topliss-reactive ketones (excluding diaryl/α,β-unsaturated/α-hetero) is 2. The van der Waals surface area contributed by atoms with Crippen LogP contribution in [0.15, 0.2) is 23.1 Å². The van der Waals surface area contributed by atoms with Crippen LogP contribution in [0.3, 0.4) is 0 Å². The molecule has 0 unspecified atom stereocenters. The van der Waals surface area contributed by atoms with Crippen LogP contribution in [0, 0.1) is 13.8 Å². The average molecular weight is 491 g/mol. The number of H-pyrrole nitrogens is 1. The Morgan fingerprint density at radius 1 is 1.06 bits per heavy atom. The number of esters is 1. The number of aromatic amines is 1. The third-order valence-corrected chi connectivity index (χ3v) is 7.89. The smallest absolute Gasteiger partial charge is 0.342 e. The predicted octanol–water partition coefficient (Wildman–Crippen LogP) is 3.45. The number of methoxy groups -OCH3 is 1. The van der Waals surface area contributed by atoms with Crippen molar-refractivity contribution < 1.29 is 32.3 Å². The second-order valence-electron chi connectivity index (χ2n) is 8.36. The number of hydrogen-bond acceptors (Lipinski definition) is 7. The minimum Gasteiger partial charge on any atom is -0.496 e. The lowest BCUT2D eigenvalue weighted by Crippen LogP contribution is -2.32. The Hall–Kier alpha value is -2.98. The van der Waals surface area contributed by atoms with Gasteiger partial charge in [-0.25, -0.2) is 13.2 Å². The van der Waals surface area contributed by atoms with Crippen LogP contribution in [0.25, 0.3) is 0 Å². The highest BCUT2D eigenvalue weighted by molar-refractivity contribution is 7.89. The van der Waals surface area contributed by atoms with Gasteiger partial charge in [-0.1, -0.05) is 12.8 Å². The van der Waals surface area contributed by atoms with E-state index in [1.807, 2.05) is 0 Å². The SMILES string of the molecule is COc1ccc(S(=O)(=O)N2CCCCCC2)cc1C(=O)OCC(=O)c1[nH]c(C)c(C(C)=O)c1C. The fourth-order valence-corrected chi connectivity index (χ4v) is 5.82. The Kier molecular flexibility index (Phi) is 7.93. The summed E-state index contributed by atoms with van der Waals surface area (Å²) in [6, 6.07) is 4.03. The molecule has 1 aliphatic heterocycles. The molecular formula is C24H30N2O7S. The monoisotopic (exact) mass is 490 g/mol. The Labute approximate surface area is 199 Å². The number of nitrogens with zero attached hydrogens (tertiary/aromatic N) is 1. The van der Waals surface area contributed by atoms with E-state index in [1.165, 1.54) is 36.5 Å². The number of carbonyl (C=O) groups excluding carboxylic acids is 3. The number of carbonyl (C=O) groups is 3. The summed E-state index contributed by atoms with van der Waals surface area (Å²) in [6.45, 7) is 5.03. The lowest BCUT2D eigenvalue weighted by atomic mass is 10.1.